The molecule has 3 nitrogen and oxygen atoms in total. The quantitative estimate of drug-likeness (QED) is 0.904. The normalized spacial score (nSPS) is 21.7. The summed E-state index contributed by atoms with van der Waals surface area (Å²) in [7, 11) is 0. The highest BCUT2D eigenvalue weighted by Gasteiger charge is 2.27. The maximum absolute atomic E-state index is 13.3. The van der Waals surface area contributed by atoms with Crippen LogP contribution < -0.4 is 5.73 Å². The minimum absolute atomic E-state index is 0.184. The average Bonchev–Trinajstić information content (AvgIpc) is 2.76. The van der Waals surface area contributed by atoms with Crippen LogP contribution >= 0.6 is 0 Å². The third-order valence-electron chi connectivity index (χ3n) is 3.94. The van der Waals surface area contributed by atoms with Crippen LogP contribution in [0, 0.1) is 18.7 Å². The molecule has 0 radical (unpaired) electrons. The molecule has 1 aliphatic rings. The van der Waals surface area contributed by atoms with E-state index in [2.05, 4.69) is 0 Å². The van der Waals surface area contributed by atoms with Crippen molar-refractivity contribution in [2.24, 2.45) is 11.7 Å². The summed E-state index contributed by atoms with van der Waals surface area (Å²) < 4.78 is 24.6. The van der Waals surface area contributed by atoms with E-state index in [1.165, 1.54) is 12.1 Å². The largest absolute Gasteiger partial charge is 0.459 e. The number of rotatable bonds is 2. The summed E-state index contributed by atoms with van der Waals surface area (Å²) in [5.41, 5.74) is 7.94. The lowest BCUT2D eigenvalue weighted by molar-refractivity contribution is 0.0420. The molecule has 0 aliphatic carbocycles. The van der Waals surface area contributed by atoms with Gasteiger partial charge in [0.1, 0.15) is 17.2 Å². The van der Waals surface area contributed by atoms with Crippen LogP contribution in [0.3, 0.4) is 0 Å². The van der Waals surface area contributed by atoms with Crippen LogP contribution in [-0.2, 0) is 4.74 Å². The number of fused-ring (bicyclic) bond motifs is 1. The van der Waals surface area contributed by atoms with E-state index in [1.807, 2.05) is 6.92 Å². The molecule has 102 valence electrons. The Morgan fingerprint density at radius 1 is 1.42 bits per heavy atom. The minimum atomic E-state index is -0.252. The van der Waals surface area contributed by atoms with E-state index < -0.39 is 0 Å². The number of halogens is 1. The molecule has 1 aromatic heterocycles. The van der Waals surface area contributed by atoms with Gasteiger partial charge >= 0.3 is 0 Å². The first kappa shape index (κ1) is 12.6. The van der Waals surface area contributed by atoms with Crippen molar-refractivity contribution in [2.45, 2.75) is 25.8 Å². The predicted molar refractivity (Wildman–Crippen MR) is 71.4 cm³/mol. The van der Waals surface area contributed by atoms with Crippen LogP contribution in [0.2, 0.25) is 0 Å². The van der Waals surface area contributed by atoms with Gasteiger partial charge in [-0.3, -0.25) is 0 Å². The van der Waals surface area contributed by atoms with Crippen molar-refractivity contribution < 1.29 is 13.5 Å². The number of aryl methyl sites for hydroxylation is 1. The van der Waals surface area contributed by atoms with Gasteiger partial charge in [-0.2, -0.15) is 0 Å². The smallest absolute Gasteiger partial charge is 0.134 e. The fraction of sp³-hybridized carbons (Fsp3) is 0.467. The monoisotopic (exact) mass is 263 g/mol. The summed E-state index contributed by atoms with van der Waals surface area (Å²) in [5.74, 6) is 0.784. The molecular formula is C15H18FNO2. The second kappa shape index (κ2) is 4.94. The molecule has 0 saturated carbocycles. The first-order valence-corrected chi connectivity index (χ1v) is 6.68. The maximum Gasteiger partial charge on any atom is 0.134 e. The van der Waals surface area contributed by atoms with E-state index >= 15 is 0 Å². The first-order chi connectivity index (χ1) is 9.16. The summed E-state index contributed by atoms with van der Waals surface area (Å²) in [5, 5.41) is 0.808. The maximum atomic E-state index is 13.3. The summed E-state index contributed by atoms with van der Waals surface area (Å²) in [6.07, 6.45) is 2.08. The molecule has 0 spiro atoms. The van der Waals surface area contributed by atoms with Gasteiger partial charge in [-0.1, -0.05) is 0 Å². The standard InChI is InChI=1S/C15H18FNO2/c1-9-12-7-11(16)4-5-13(12)19-15(9)14(17)10-3-2-6-18-8-10/h4-5,7,10,14H,2-3,6,8,17H2,1H3. The van der Waals surface area contributed by atoms with Crippen LogP contribution in [0.5, 0.6) is 0 Å². The fourth-order valence-electron chi connectivity index (χ4n) is 2.79. The molecular weight excluding hydrogens is 245 g/mol. The summed E-state index contributed by atoms with van der Waals surface area (Å²) >= 11 is 0. The van der Waals surface area contributed by atoms with Crippen LogP contribution in [0.15, 0.2) is 22.6 Å². The van der Waals surface area contributed by atoms with Gasteiger partial charge in [-0.25, -0.2) is 4.39 Å². The fourth-order valence-corrected chi connectivity index (χ4v) is 2.79. The van der Waals surface area contributed by atoms with Gasteiger partial charge in [-0.05, 0) is 38.0 Å². The van der Waals surface area contributed by atoms with Gasteiger partial charge < -0.3 is 14.9 Å². The molecule has 0 bridgehead atoms. The third-order valence-corrected chi connectivity index (χ3v) is 3.94. The third kappa shape index (κ3) is 2.26. The summed E-state index contributed by atoms with van der Waals surface area (Å²) in [6, 6.07) is 4.38. The van der Waals surface area contributed by atoms with Crippen LogP contribution in [0.1, 0.15) is 30.2 Å². The molecule has 3 rings (SSSR count). The van der Waals surface area contributed by atoms with Crippen LogP contribution in [-0.4, -0.2) is 13.2 Å². The van der Waals surface area contributed by atoms with Gasteiger partial charge in [0.05, 0.1) is 12.6 Å². The zero-order valence-corrected chi connectivity index (χ0v) is 11.0. The lowest BCUT2D eigenvalue weighted by Crippen LogP contribution is -2.29. The number of benzene rings is 1. The first-order valence-electron chi connectivity index (χ1n) is 6.68. The molecule has 1 aliphatic heterocycles. The Kier molecular flexibility index (Phi) is 3.29. The molecule has 4 heteroatoms. The molecule has 1 saturated heterocycles. The summed E-state index contributed by atoms with van der Waals surface area (Å²) in [6.45, 7) is 3.42. The van der Waals surface area contributed by atoms with E-state index in [9.17, 15) is 4.39 Å². The summed E-state index contributed by atoms with van der Waals surface area (Å²) in [4.78, 5) is 0. The van der Waals surface area contributed by atoms with E-state index in [0.29, 0.717) is 12.2 Å². The predicted octanol–water partition coefficient (Wildman–Crippen LogP) is 3.31. The Labute approximate surface area is 111 Å². The van der Waals surface area contributed by atoms with Crippen molar-refractivity contribution in [1.29, 1.82) is 0 Å². The molecule has 2 aromatic rings. The van der Waals surface area contributed by atoms with E-state index in [4.69, 9.17) is 14.9 Å². The Hall–Kier alpha value is -1.39. The van der Waals surface area contributed by atoms with E-state index in [-0.39, 0.29) is 17.8 Å². The van der Waals surface area contributed by atoms with Crippen molar-refractivity contribution in [1.82, 2.24) is 0 Å². The lowest BCUT2D eigenvalue weighted by Gasteiger charge is -2.26. The molecule has 1 aromatic carbocycles. The van der Waals surface area contributed by atoms with Crippen molar-refractivity contribution >= 4 is 11.0 Å². The molecule has 2 heterocycles. The van der Waals surface area contributed by atoms with Crippen LogP contribution in [0.4, 0.5) is 4.39 Å². The molecule has 19 heavy (non-hydrogen) atoms. The minimum Gasteiger partial charge on any atom is -0.459 e. The molecule has 2 N–H and O–H groups in total. The van der Waals surface area contributed by atoms with Crippen LogP contribution in [0.25, 0.3) is 11.0 Å². The van der Waals surface area contributed by atoms with Gasteiger partial charge in [0.15, 0.2) is 0 Å². The highest BCUT2D eigenvalue weighted by atomic mass is 19.1. The SMILES string of the molecule is Cc1c(C(N)C2CCCOC2)oc2ccc(F)cc12. The lowest BCUT2D eigenvalue weighted by atomic mass is 9.91. The van der Waals surface area contributed by atoms with E-state index in [0.717, 1.165) is 36.2 Å². The van der Waals surface area contributed by atoms with E-state index in [1.54, 1.807) is 6.07 Å². The Balaban J connectivity index is 1.97. The van der Waals surface area contributed by atoms with Crippen molar-refractivity contribution in [3.63, 3.8) is 0 Å². The molecule has 2 atom stereocenters. The van der Waals surface area contributed by atoms with Crippen molar-refractivity contribution in [3.8, 4) is 0 Å². The van der Waals surface area contributed by atoms with Gasteiger partial charge in [0.2, 0.25) is 0 Å². The number of nitrogens with two attached hydrogens (primary N) is 1. The molecule has 2 unspecified atom stereocenters. The zero-order chi connectivity index (χ0) is 13.4. The number of hydrogen-bond donors (Lipinski definition) is 1. The Morgan fingerprint density at radius 3 is 3.00 bits per heavy atom. The molecule has 0 amide bonds. The van der Waals surface area contributed by atoms with Crippen molar-refractivity contribution in [2.75, 3.05) is 13.2 Å². The van der Waals surface area contributed by atoms with Gasteiger partial charge in [0.25, 0.3) is 0 Å². The Bertz CT molecular complexity index is 587. The van der Waals surface area contributed by atoms with Gasteiger partial charge in [0, 0.05) is 23.5 Å². The molecule has 1 fully saturated rings. The average molecular weight is 263 g/mol. The van der Waals surface area contributed by atoms with Gasteiger partial charge in [-0.15, -0.1) is 0 Å². The zero-order valence-electron chi connectivity index (χ0n) is 11.0. The number of hydrogen-bond acceptors (Lipinski definition) is 3. The topological polar surface area (TPSA) is 48.4 Å². The second-order valence-corrected chi connectivity index (χ2v) is 5.23. The highest BCUT2D eigenvalue weighted by Crippen LogP contribution is 2.34. The second-order valence-electron chi connectivity index (χ2n) is 5.23. The van der Waals surface area contributed by atoms with Crippen molar-refractivity contribution in [3.05, 3.63) is 35.3 Å². The Morgan fingerprint density at radius 2 is 2.26 bits per heavy atom. The number of furan rings is 1. The number of ether oxygens (including phenoxy) is 1. The highest BCUT2D eigenvalue weighted by molar-refractivity contribution is 5.82.